The molecule has 0 aliphatic heterocycles. The molecule has 0 amide bonds. The summed E-state index contributed by atoms with van der Waals surface area (Å²) in [6.45, 7) is 4.13. The number of hydrogen-bond donors (Lipinski definition) is 0. The lowest BCUT2D eigenvalue weighted by Crippen LogP contribution is -2.17. The first kappa shape index (κ1) is 14.6. The molecule has 0 N–H and O–H groups in total. The minimum Gasteiger partial charge on any atom is -0.466 e. The third kappa shape index (κ3) is 2.34. The summed E-state index contributed by atoms with van der Waals surface area (Å²) in [5.74, 6) is -0.365. The molecule has 0 aliphatic rings. The zero-order valence-electron chi connectivity index (χ0n) is 13.2. The van der Waals surface area contributed by atoms with E-state index in [0.717, 1.165) is 11.2 Å². The Hall–Kier alpha value is -2.36. The van der Waals surface area contributed by atoms with Gasteiger partial charge in [0.25, 0.3) is 0 Å². The molecule has 114 valence electrons. The van der Waals surface area contributed by atoms with E-state index in [4.69, 9.17) is 4.74 Å². The van der Waals surface area contributed by atoms with E-state index in [-0.39, 0.29) is 11.9 Å². The molecule has 3 aromatic rings. The van der Waals surface area contributed by atoms with Gasteiger partial charge in [0.15, 0.2) is 0 Å². The fraction of sp³-hybridized carbons (Fsp3) is 0.333. The minimum absolute atomic E-state index is 0.167. The summed E-state index contributed by atoms with van der Waals surface area (Å²) in [6.07, 6.45) is 2.41. The zero-order valence-corrected chi connectivity index (χ0v) is 13.2. The highest BCUT2D eigenvalue weighted by Crippen LogP contribution is 2.30. The topological polar surface area (TPSA) is 44.1 Å². The first-order valence-electron chi connectivity index (χ1n) is 7.61. The highest BCUT2D eigenvalue weighted by atomic mass is 16.5. The average molecular weight is 296 g/mol. The summed E-state index contributed by atoms with van der Waals surface area (Å²) in [5.41, 5.74) is 3.21. The van der Waals surface area contributed by atoms with Gasteiger partial charge in [0.1, 0.15) is 0 Å². The number of esters is 1. The van der Waals surface area contributed by atoms with E-state index >= 15 is 0 Å². The number of carbonyl (C=O) groups is 1. The second kappa shape index (κ2) is 5.79. The lowest BCUT2D eigenvalue weighted by Gasteiger charge is -2.11. The Morgan fingerprint density at radius 3 is 2.82 bits per heavy atom. The van der Waals surface area contributed by atoms with Gasteiger partial charge in [0.2, 0.25) is 0 Å². The molecule has 0 spiro atoms. The van der Waals surface area contributed by atoms with Gasteiger partial charge in [-0.1, -0.05) is 25.1 Å². The Morgan fingerprint density at radius 2 is 2.05 bits per heavy atom. The molecule has 1 atom stereocenters. The fourth-order valence-corrected chi connectivity index (χ4v) is 3.01. The number of aromatic nitrogens is 2. The maximum atomic E-state index is 11.9. The third-order valence-corrected chi connectivity index (χ3v) is 4.08. The van der Waals surface area contributed by atoms with Crippen LogP contribution in [-0.2, 0) is 23.0 Å². The summed E-state index contributed by atoms with van der Waals surface area (Å²) in [5, 5.41) is 2.39. The summed E-state index contributed by atoms with van der Waals surface area (Å²) in [4.78, 5) is 16.4. The minimum atomic E-state index is -0.198. The SMILES string of the molecule is CCOC(=O)C(C)Cc1nccc2c3ccccc3n(C)c12. The second-order valence-electron chi connectivity index (χ2n) is 5.59. The molecule has 4 nitrogen and oxygen atoms in total. The monoisotopic (exact) mass is 296 g/mol. The number of pyridine rings is 1. The smallest absolute Gasteiger partial charge is 0.309 e. The van der Waals surface area contributed by atoms with Gasteiger partial charge in [-0.3, -0.25) is 9.78 Å². The van der Waals surface area contributed by atoms with Crippen molar-refractivity contribution in [3.8, 4) is 0 Å². The molecule has 1 unspecified atom stereocenters. The normalized spacial score (nSPS) is 12.7. The van der Waals surface area contributed by atoms with Gasteiger partial charge >= 0.3 is 5.97 Å². The van der Waals surface area contributed by atoms with E-state index in [1.54, 1.807) is 0 Å². The molecule has 0 saturated carbocycles. The Labute approximate surface area is 129 Å². The Kier molecular flexibility index (Phi) is 3.84. The molecule has 1 aromatic carbocycles. The van der Waals surface area contributed by atoms with E-state index in [9.17, 15) is 4.79 Å². The molecular weight excluding hydrogens is 276 g/mol. The van der Waals surface area contributed by atoms with Gasteiger partial charge in [-0.05, 0) is 19.1 Å². The van der Waals surface area contributed by atoms with Crippen LogP contribution in [0.5, 0.6) is 0 Å². The van der Waals surface area contributed by atoms with Crippen LogP contribution in [0.2, 0.25) is 0 Å². The first-order chi connectivity index (χ1) is 10.6. The summed E-state index contributed by atoms with van der Waals surface area (Å²) >= 11 is 0. The van der Waals surface area contributed by atoms with Crippen molar-refractivity contribution in [1.82, 2.24) is 9.55 Å². The van der Waals surface area contributed by atoms with Gasteiger partial charge in [-0.25, -0.2) is 0 Å². The van der Waals surface area contributed by atoms with Crippen LogP contribution in [0.15, 0.2) is 36.5 Å². The van der Waals surface area contributed by atoms with Crippen molar-refractivity contribution in [2.24, 2.45) is 13.0 Å². The number of rotatable bonds is 4. The van der Waals surface area contributed by atoms with E-state index in [2.05, 4.69) is 21.7 Å². The Morgan fingerprint density at radius 1 is 1.27 bits per heavy atom. The maximum absolute atomic E-state index is 11.9. The van der Waals surface area contributed by atoms with E-state index in [1.807, 2.05) is 45.3 Å². The van der Waals surface area contributed by atoms with Crippen LogP contribution in [0.3, 0.4) is 0 Å². The van der Waals surface area contributed by atoms with Crippen molar-refractivity contribution < 1.29 is 9.53 Å². The number of ether oxygens (including phenoxy) is 1. The largest absolute Gasteiger partial charge is 0.466 e. The van der Waals surface area contributed by atoms with Crippen molar-refractivity contribution >= 4 is 27.8 Å². The van der Waals surface area contributed by atoms with E-state index in [0.29, 0.717) is 13.0 Å². The molecule has 0 radical (unpaired) electrons. The summed E-state index contributed by atoms with van der Waals surface area (Å²) < 4.78 is 7.26. The van der Waals surface area contributed by atoms with Crippen molar-refractivity contribution in [2.45, 2.75) is 20.3 Å². The molecule has 0 aliphatic carbocycles. The van der Waals surface area contributed by atoms with Crippen LogP contribution in [0, 0.1) is 5.92 Å². The first-order valence-corrected chi connectivity index (χ1v) is 7.61. The lowest BCUT2D eigenvalue weighted by atomic mass is 10.0. The molecule has 22 heavy (non-hydrogen) atoms. The van der Waals surface area contributed by atoms with E-state index < -0.39 is 0 Å². The summed E-state index contributed by atoms with van der Waals surface area (Å²) in [7, 11) is 2.05. The molecule has 0 bridgehead atoms. The van der Waals surface area contributed by atoms with Gasteiger partial charge in [0.05, 0.1) is 23.7 Å². The maximum Gasteiger partial charge on any atom is 0.309 e. The van der Waals surface area contributed by atoms with Crippen LogP contribution in [-0.4, -0.2) is 22.1 Å². The average Bonchev–Trinajstić information content (AvgIpc) is 2.82. The fourth-order valence-electron chi connectivity index (χ4n) is 3.01. The van der Waals surface area contributed by atoms with Gasteiger partial charge in [-0.15, -0.1) is 0 Å². The Balaban J connectivity index is 2.09. The van der Waals surface area contributed by atoms with Gasteiger partial charge in [-0.2, -0.15) is 0 Å². The number of fused-ring (bicyclic) bond motifs is 3. The molecular formula is C18H20N2O2. The number of aryl methyl sites for hydroxylation is 1. The molecule has 2 heterocycles. The predicted molar refractivity (Wildman–Crippen MR) is 87.7 cm³/mol. The Bertz CT molecular complexity index is 836. The number of carbonyl (C=O) groups excluding carboxylic acids is 1. The quantitative estimate of drug-likeness (QED) is 0.692. The molecule has 0 fully saturated rings. The molecule has 4 heteroatoms. The molecule has 0 saturated heterocycles. The number of para-hydroxylation sites is 1. The number of benzene rings is 1. The van der Waals surface area contributed by atoms with Crippen LogP contribution >= 0.6 is 0 Å². The second-order valence-corrected chi connectivity index (χ2v) is 5.59. The standard InChI is InChI=1S/C18H20N2O2/c1-4-22-18(21)12(2)11-15-17-14(9-10-19-15)13-7-5-6-8-16(13)20(17)3/h5-10,12H,4,11H2,1-3H3. The van der Waals surface area contributed by atoms with Crippen LogP contribution in [0.4, 0.5) is 0 Å². The van der Waals surface area contributed by atoms with Crippen LogP contribution in [0.1, 0.15) is 19.5 Å². The number of nitrogens with zero attached hydrogens (tertiary/aromatic N) is 2. The van der Waals surface area contributed by atoms with Crippen LogP contribution < -0.4 is 0 Å². The third-order valence-electron chi connectivity index (χ3n) is 4.08. The van der Waals surface area contributed by atoms with Crippen molar-refractivity contribution in [1.29, 1.82) is 0 Å². The van der Waals surface area contributed by atoms with Crippen LogP contribution in [0.25, 0.3) is 21.8 Å². The zero-order chi connectivity index (χ0) is 15.7. The number of hydrogen-bond acceptors (Lipinski definition) is 3. The molecule has 3 rings (SSSR count). The van der Waals surface area contributed by atoms with Gasteiger partial charge < -0.3 is 9.30 Å². The van der Waals surface area contributed by atoms with Gasteiger partial charge in [0, 0.05) is 36.0 Å². The molecule has 2 aromatic heterocycles. The highest BCUT2D eigenvalue weighted by molar-refractivity contribution is 6.08. The predicted octanol–water partition coefficient (Wildman–Crippen LogP) is 3.47. The highest BCUT2D eigenvalue weighted by Gasteiger charge is 2.19. The van der Waals surface area contributed by atoms with Crippen molar-refractivity contribution in [3.63, 3.8) is 0 Å². The van der Waals surface area contributed by atoms with Crippen molar-refractivity contribution in [3.05, 3.63) is 42.2 Å². The summed E-state index contributed by atoms with van der Waals surface area (Å²) in [6, 6.07) is 10.3. The lowest BCUT2D eigenvalue weighted by molar-refractivity contribution is -0.147. The van der Waals surface area contributed by atoms with Crippen molar-refractivity contribution in [2.75, 3.05) is 6.61 Å². The van der Waals surface area contributed by atoms with E-state index in [1.165, 1.54) is 16.3 Å².